The van der Waals surface area contributed by atoms with Crippen LogP contribution in [0.1, 0.15) is 191 Å². The maximum Gasteiger partial charge on any atom is 0.360 e. The summed E-state index contributed by atoms with van der Waals surface area (Å²) in [6.45, 7) is 2.77. The Kier molecular flexibility index (Phi) is 25.2. The minimum absolute atomic E-state index is 0.255. The number of carbonyl (C=O) groups excluding carboxylic acids is 1. The van der Waals surface area contributed by atoms with Crippen molar-refractivity contribution >= 4 is 5.97 Å². The third kappa shape index (κ3) is 23.5. The van der Waals surface area contributed by atoms with Crippen molar-refractivity contribution in [2.45, 2.75) is 180 Å². The molecule has 0 N–H and O–H groups in total. The van der Waals surface area contributed by atoms with E-state index < -0.39 is 0 Å². The first-order valence-electron chi connectivity index (χ1n) is 16.4. The Bertz CT molecular complexity index is 572. The van der Waals surface area contributed by atoms with Gasteiger partial charge in [0.25, 0.3) is 0 Å². The van der Waals surface area contributed by atoms with Crippen LogP contribution in [0, 0.1) is 0 Å². The van der Waals surface area contributed by atoms with E-state index in [0.29, 0.717) is 6.61 Å². The van der Waals surface area contributed by atoms with Crippen LogP contribution in [-0.2, 0) is 4.74 Å². The van der Waals surface area contributed by atoms with Gasteiger partial charge in [0, 0.05) is 6.07 Å². The minimum atomic E-state index is -0.386. The molecule has 1 rings (SSSR count). The van der Waals surface area contributed by atoms with Crippen molar-refractivity contribution in [2.75, 3.05) is 6.61 Å². The summed E-state index contributed by atoms with van der Waals surface area (Å²) in [5.74, 6) is -0.386. The van der Waals surface area contributed by atoms with Gasteiger partial charge in [0.1, 0.15) is 6.26 Å². The van der Waals surface area contributed by atoms with Gasteiger partial charge in [0.05, 0.1) is 6.61 Å². The van der Waals surface area contributed by atoms with Crippen molar-refractivity contribution < 1.29 is 14.1 Å². The molecule has 0 aromatic carbocycles. The molecule has 0 fully saturated rings. The molecule has 0 aliphatic rings. The van der Waals surface area contributed by atoms with Crippen LogP contribution >= 0.6 is 0 Å². The van der Waals surface area contributed by atoms with Crippen LogP contribution in [0.3, 0.4) is 0 Å². The molecule has 4 nitrogen and oxygen atoms in total. The first kappa shape index (κ1) is 33.7. The van der Waals surface area contributed by atoms with Crippen LogP contribution in [0.25, 0.3) is 0 Å². The molecule has 1 aromatic rings. The fourth-order valence-corrected chi connectivity index (χ4v) is 5.15. The lowest BCUT2D eigenvalue weighted by Crippen LogP contribution is -2.06. The molecule has 1 heterocycles. The summed E-state index contributed by atoms with van der Waals surface area (Å²) >= 11 is 0. The van der Waals surface area contributed by atoms with E-state index >= 15 is 0 Å². The van der Waals surface area contributed by atoms with Crippen molar-refractivity contribution in [2.24, 2.45) is 0 Å². The highest BCUT2D eigenvalue weighted by Gasteiger charge is 2.09. The van der Waals surface area contributed by atoms with Crippen LogP contribution in [-0.4, -0.2) is 17.7 Å². The fourth-order valence-electron chi connectivity index (χ4n) is 5.15. The molecule has 0 saturated heterocycles. The lowest BCUT2D eigenvalue weighted by molar-refractivity contribution is 0.0486. The lowest BCUT2D eigenvalue weighted by Gasteiger charge is -2.05. The zero-order chi connectivity index (χ0) is 26.5. The van der Waals surface area contributed by atoms with E-state index in [9.17, 15) is 4.79 Å². The molecule has 37 heavy (non-hydrogen) atoms. The average molecular weight is 520 g/mol. The molecule has 0 saturated carbocycles. The largest absolute Gasteiger partial charge is 0.461 e. The Morgan fingerprint density at radius 2 is 0.892 bits per heavy atom. The number of hydrogen-bond donors (Lipinski definition) is 0. The number of hydrogen-bond acceptors (Lipinski definition) is 4. The van der Waals surface area contributed by atoms with Gasteiger partial charge in [-0.3, -0.25) is 0 Å². The minimum Gasteiger partial charge on any atom is -0.461 e. The Morgan fingerprint density at radius 1 is 0.568 bits per heavy atom. The quantitative estimate of drug-likeness (QED) is 0.0780. The first-order valence-corrected chi connectivity index (χ1v) is 16.4. The van der Waals surface area contributed by atoms with E-state index in [2.05, 4.69) is 16.6 Å². The smallest absolute Gasteiger partial charge is 0.360 e. The van der Waals surface area contributed by atoms with Gasteiger partial charge in [-0.05, 0) is 6.42 Å². The molecule has 0 unspecified atom stereocenters. The van der Waals surface area contributed by atoms with Crippen molar-refractivity contribution in [3.63, 3.8) is 0 Å². The number of esters is 1. The zero-order valence-corrected chi connectivity index (χ0v) is 24.6. The number of ether oxygens (including phenoxy) is 1. The monoisotopic (exact) mass is 519 g/mol. The van der Waals surface area contributed by atoms with Gasteiger partial charge in [-0.15, -0.1) is 0 Å². The first-order chi connectivity index (χ1) is 18.3. The van der Waals surface area contributed by atoms with Gasteiger partial charge in [-0.1, -0.05) is 179 Å². The maximum atomic E-state index is 11.6. The highest BCUT2D eigenvalue weighted by Crippen LogP contribution is 2.16. The second-order valence-electron chi connectivity index (χ2n) is 11.2. The number of rotatable bonds is 29. The van der Waals surface area contributed by atoms with Crippen LogP contribution in [0.2, 0.25) is 0 Å². The molecule has 0 radical (unpaired) electrons. The summed E-state index contributed by atoms with van der Waals surface area (Å²) in [7, 11) is 0. The summed E-state index contributed by atoms with van der Waals surface area (Å²) in [5.41, 5.74) is 0.255. The Morgan fingerprint density at radius 3 is 1.19 bits per heavy atom. The molecule has 1 aromatic heterocycles. The third-order valence-electron chi connectivity index (χ3n) is 7.63. The molecule has 216 valence electrons. The van der Waals surface area contributed by atoms with Gasteiger partial charge in [0.2, 0.25) is 0 Å². The number of nitrogens with zero attached hydrogens (tertiary/aromatic N) is 1. The standard InChI is InChI=1S/C33H61NO3/c1-2-3-4-5-6-7-8-9-10-11-12-13-14-15-16-17-18-19-20-21-22-23-24-25-26-27-28-30-36-33(35)32-29-31-37-34-32/h29,31H,2-28,30H2,1H3. The average Bonchev–Trinajstić information content (AvgIpc) is 3.45. The van der Waals surface area contributed by atoms with Crippen molar-refractivity contribution in [1.29, 1.82) is 0 Å². The lowest BCUT2D eigenvalue weighted by atomic mass is 10.0. The maximum absolute atomic E-state index is 11.6. The van der Waals surface area contributed by atoms with Gasteiger partial charge in [-0.25, -0.2) is 4.79 Å². The van der Waals surface area contributed by atoms with E-state index in [0.717, 1.165) is 12.8 Å². The van der Waals surface area contributed by atoms with Crippen molar-refractivity contribution in [3.8, 4) is 0 Å². The fraction of sp³-hybridized carbons (Fsp3) is 0.879. The second-order valence-corrected chi connectivity index (χ2v) is 11.2. The van der Waals surface area contributed by atoms with Crippen LogP contribution < -0.4 is 0 Å². The normalized spacial score (nSPS) is 11.3. The summed E-state index contributed by atoms with van der Waals surface area (Å²) < 4.78 is 9.83. The van der Waals surface area contributed by atoms with E-state index in [-0.39, 0.29) is 11.7 Å². The van der Waals surface area contributed by atoms with Gasteiger partial charge in [-0.2, -0.15) is 0 Å². The molecule has 0 amide bonds. The Labute approximate surface area is 230 Å². The summed E-state index contributed by atoms with van der Waals surface area (Å²) in [4.78, 5) is 11.6. The number of unbranched alkanes of at least 4 members (excludes halogenated alkanes) is 26. The summed E-state index contributed by atoms with van der Waals surface area (Å²) in [5, 5.41) is 3.58. The third-order valence-corrected chi connectivity index (χ3v) is 7.63. The molecule has 4 heteroatoms. The van der Waals surface area contributed by atoms with E-state index in [4.69, 9.17) is 4.74 Å². The van der Waals surface area contributed by atoms with E-state index in [1.54, 1.807) is 0 Å². The molecule has 0 atom stereocenters. The number of aromatic nitrogens is 1. The topological polar surface area (TPSA) is 52.3 Å². The Balaban J connectivity index is 1.64. The summed E-state index contributed by atoms with van der Waals surface area (Å²) in [6, 6.07) is 1.53. The molecule has 0 aliphatic heterocycles. The predicted molar refractivity (Wildman–Crippen MR) is 157 cm³/mol. The highest BCUT2D eigenvalue weighted by atomic mass is 16.5. The van der Waals surface area contributed by atoms with Crippen LogP contribution in [0.5, 0.6) is 0 Å². The highest BCUT2D eigenvalue weighted by molar-refractivity contribution is 5.86. The van der Waals surface area contributed by atoms with E-state index in [1.807, 2.05) is 0 Å². The van der Waals surface area contributed by atoms with Gasteiger partial charge >= 0.3 is 5.97 Å². The van der Waals surface area contributed by atoms with Gasteiger partial charge < -0.3 is 9.26 Å². The van der Waals surface area contributed by atoms with Gasteiger partial charge in [0.15, 0.2) is 5.69 Å². The molecular weight excluding hydrogens is 458 g/mol. The van der Waals surface area contributed by atoms with Crippen LogP contribution in [0.15, 0.2) is 16.9 Å². The zero-order valence-electron chi connectivity index (χ0n) is 24.6. The summed E-state index contributed by atoms with van der Waals surface area (Å²) in [6.07, 6.45) is 39.1. The molecular formula is C33H61NO3. The molecule has 0 spiro atoms. The van der Waals surface area contributed by atoms with E-state index in [1.165, 1.54) is 173 Å². The van der Waals surface area contributed by atoms with Crippen molar-refractivity contribution in [1.82, 2.24) is 5.16 Å². The second kappa shape index (κ2) is 27.7. The predicted octanol–water partition coefficient (Wildman–Crippen LogP) is 11.4. The Hall–Kier alpha value is -1.32. The van der Waals surface area contributed by atoms with Crippen molar-refractivity contribution in [3.05, 3.63) is 18.0 Å². The number of carbonyl (C=O) groups is 1. The van der Waals surface area contributed by atoms with Crippen LogP contribution in [0.4, 0.5) is 0 Å². The SMILES string of the molecule is CCCCCCCCCCCCCCCCCCCCCCCCCCCCCOC(=O)c1ccon1. The molecule has 0 aliphatic carbocycles. The molecule has 0 bridgehead atoms.